The van der Waals surface area contributed by atoms with Crippen molar-refractivity contribution in [2.75, 3.05) is 70.5 Å². The van der Waals surface area contributed by atoms with Gasteiger partial charge in [-0.1, -0.05) is 23.2 Å². The van der Waals surface area contributed by atoms with E-state index in [1.807, 2.05) is 6.07 Å². The predicted octanol–water partition coefficient (Wildman–Crippen LogP) is 2.15. The molecule has 0 unspecified atom stereocenters. The Kier molecular flexibility index (Phi) is 10.2. The molecule has 198 valence electrons. The van der Waals surface area contributed by atoms with E-state index in [1.165, 1.54) is 19.4 Å². The van der Waals surface area contributed by atoms with Gasteiger partial charge in [0.2, 0.25) is 11.8 Å². The molecule has 3 aliphatic heterocycles. The molecule has 11 heteroatoms. The van der Waals surface area contributed by atoms with Crippen LogP contribution in [0.5, 0.6) is 0 Å². The van der Waals surface area contributed by atoms with Crippen LogP contribution in [0.15, 0.2) is 23.3 Å². The number of amides is 2. The van der Waals surface area contributed by atoms with Crippen LogP contribution in [0.2, 0.25) is 10.0 Å². The monoisotopic (exact) mass is 537 g/mol. The summed E-state index contributed by atoms with van der Waals surface area (Å²) in [6.45, 7) is 8.97. The van der Waals surface area contributed by atoms with Crippen LogP contribution in [0.1, 0.15) is 32.1 Å². The van der Waals surface area contributed by atoms with Crippen molar-refractivity contribution in [3.63, 3.8) is 0 Å². The van der Waals surface area contributed by atoms with Gasteiger partial charge in [-0.3, -0.25) is 19.5 Å². The second-order valence-electron chi connectivity index (χ2n) is 9.79. The molecule has 0 bridgehead atoms. The first kappa shape index (κ1) is 27.1. The van der Waals surface area contributed by atoms with E-state index >= 15 is 0 Å². The number of piperazine rings is 1. The summed E-state index contributed by atoms with van der Waals surface area (Å²) in [5, 5.41) is 16.5. The van der Waals surface area contributed by atoms with Gasteiger partial charge in [-0.05, 0) is 56.5 Å². The van der Waals surface area contributed by atoms with E-state index in [-0.39, 0.29) is 11.8 Å². The summed E-state index contributed by atoms with van der Waals surface area (Å²) in [5.41, 5.74) is 0.833. The Bertz CT molecular complexity index is 931. The van der Waals surface area contributed by atoms with Gasteiger partial charge >= 0.3 is 0 Å². The third kappa shape index (κ3) is 8.31. The molecule has 0 aliphatic carbocycles. The SMILES string of the molecule is O=C(CN1CCN(CC2CCNCC2)CC1)NCCCC(=O)NC1=NN(c2ccc(Cl)c(Cl)c2)CC1. The van der Waals surface area contributed by atoms with Crippen molar-refractivity contribution < 1.29 is 9.59 Å². The number of rotatable bonds is 9. The molecule has 3 N–H and O–H groups in total. The van der Waals surface area contributed by atoms with Gasteiger partial charge in [0.25, 0.3) is 0 Å². The van der Waals surface area contributed by atoms with Gasteiger partial charge in [0.1, 0.15) is 5.84 Å². The molecule has 0 saturated carbocycles. The normalized spacial score (nSPS) is 19.8. The molecular weight excluding hydrogens is 501 g/mol. The Labute approximate surface area is 223 Å². The number of carbonyl (C=O) groups excluding carboxylic acids is 2. The van der Waals surface area contributed by atoms with E-state index in [0.717, 1.165) is 50.9 Å². The van der Waals surface area contributed by atoms with Crippen molar-refractivity contribution in [2.24, 2.45) is 11.0 Å². The molecule has 3 aliphatic rings. The largest absolute Gasteiger partial charge is 0.355 e. The zero-order chi connectivity index (χ0) is 25.3. The predicted molar refractivity (Wildman–Crippen MR) is 145 cm³/mol. The number of hydrogen-bond donors (Lipinski definition) is 3. The summed E-state index contributed by atoms with van der Waals surface area (Å²) in [5.74, 6) is 1.37. The lowest BCUT2D eigenvalue weighted by molar-refractivity contribution is -0.123. The first-order valence-corrected chi connectivity index (χ1v) is 13.7. The first-order chi connectivity index (χ1) is 17.5. The van der Waals surface area contributed by atoms with Crippen molar-refractivity contribution in [2.45, 2.75) is 32.1 Å². The number of anilines is 1. The standard InChI is InChI=1S/C25H37Cl2N7O2/c26-21-4-3-20(16-22(21)27)34-11-7-23(31-34)30-24(35)2-1-8-29-25(36)18-33-14-12-32(13-15-33)17-19-5-9-28-10-6-19/h3-4,16,19,28H,1-2,5-15,17-18H2,(H,29,36)(H,30,31,35). The number of hydrogen-bond acceptors (Lipinski definition) is 7. The van der Waals surface area contributed by atoms with E-state index in [2.05, 4.69) is 30.9 Å². The van der Waals surface area contributed by atoms with Crippen LogP contribution in [0.25, 0.3) is 0 Å². The van der Waals surface area contributed by atoms with Crippen molar-refractivity contribution in [3.05, 3.63) is 28.2 Å². The fourth-order valence-electron chi connectivity index (χ4n) is 4.90. The van der Waals surface area contributed by atoms with Gasteiger partial charge in [0.15, 0.2) is 0 Å². The summed E-state index contributed by atoms with van der Waals surface area (Å²) < 4.78 is 0. The van der Waals surface area contributed by atoms with Crippen molar-refractivity contribution in [3.8, 4) is 0 Å². The fraction of sp³-hybridized carbons (Fsp3) is 0.640. The zero-order valence-electron chi connectivity index (χ0n) is 20.8. The van der Waals surface area contributed by atoms with Gasteiger partial charge in [-0.15, -0.1) is 0 Å². The summed E-state index contributed by atoms with van der Waals surface area (Å²) in [4.78, 5) is 29.4. The molecule has 2 fully saturated rings. The number of nitrogens with zero attached hydrogens (tertiary/aromatic N) is 4. The molecule has 3 heterocycles. The highest BCUT2D eigenvalue weighted by Gasteiger charge is 2.22. The Balaban J connectivity index is 1.06. The lowest BCUT2D eigenvalue weighted by Gasteiger charge is -2.37. The summed E-state index contributed by atoms with van der Waals surface area (Å²) in [6.07, 6.45) is 4.11. The van der Waals surface area contributed by atoms with Crippen LogP contribution in [-0.4, -0.2) is 92.9 Å². The zero-order valence-corrected chi connectivity index (χ0v) is 22.3. The van der Waals surface area contributed by atoms with Gasteiger partial charge in [0.05, 0.1) is 22.3 Å². The topological polar surface area (TPSA) is 92.3 Å². The van der Waals surface area contributed by atoms with Crippen LogP contribution in [0.4, 0.5) is 5.69 Å². The maximum Gasteiger partial charge on any atom is 0.234 e. The van der Waals surface area contributed by atoms with Crippen molar-refractivity contribution in [1.29, 1.82) is 0 Å². The quantitative estimate of drug-likeness (QED) is 0.418. The van der Waals surface area contributed by atoms with E-state index in [4.69, 9.17) is 23.2 Å². The van der Waals surface area contributed by atoms with E-state index in [9.17, 15) is 9.59 Å². The maximum absolute atomic E-state index is 12.3. The number of amidine groups is 1. The Morgan fingerprint density at radius 1 is 1.00 bits per heavy atom. The molecule has 0 aromatic heterocycles. The molecule has 9 nitrogen and oxygen atoms in total. The number of halogens is 2. The lowest BCUT2D eigenvalue weighted by atomic mass is 9.97. The van der Waals surface area contributed by atoms with Gasteiger partial charge in [0, 0.05) is 58.7 Å². The van der Waals surface area contributed by atoms with Crippen LogP contribution in [-0.2, 0) is 9.59 Å². The minimum absolute atomic E-state index is 0.0275. The molecule has 0 radical (unpaired) electrons. The van der Waals surface area contributed by atoms with E-state index in [0.29, 0.717) is 54.8 Å². The average molecular weight is 539 g/mol. The van der Waals surface area contributed by atoms with Crippen LogP contribution in [0, 0.1) is 5.92 Å². The second kappa shape index (κ2) is 13.6. The number of benzene rings is 1. The number of hydrazone groups is 1. The third-order valence-corrected chi connectivity index (χ3v) is 7.74. The highest BCUT2D eigenvalue weighted by Crippen LogP contribution is 2.28. The molecule has 0 spiro atoms. The number of nitrogens with one attached hydrogen (secondary N) is 3. The summed E-state index contributed by atoms with van der Waals surface area (Å²) >= 11 is 12.1. The fourth-order valence-corrected chi connectivity index (χ4v) is 5.19. The highest BCUT2D eigenvalue weighted by molar-refractivity contribution is 6.42. The molecule has 2 amide bonds. The van der Waals surface area contributed by atoms with Crippen LogP contribution in [0.3, 0.4) is 0 Å². The Morgan fingerprint density at radius 2 is 1.75 bits per heavy atom. The molecule has 4 rings (SSSR count). The Hall–Kier alpha value is -1.91. The van der Waals surface area contributed by atoms with E-state index in [1.54, 1.807) is 17.1 Å². The van der Waals surface area contributed by atoms with Gasteiger partial charge in [-0.2, -0.15) is 5.10 Å². The molecule has 2 saturated heterocycles. The molecule has 1 aromatic carbocycles. The number of carbonyl (C=O) groups is 2. The summed E-state index contributed by atoms with van der Waals surface area (Å²) in [6, 6.07) is 5.34. The first-order valence-electron chi connectivity index (χ1n) is 13.0. The van der Waals surface area contributed by atoms with Crippen molar-refractivity contribution in [1.82, 2.24) is 25.8 Å². The molecule has 36 heavy (non-hydrogen) atoms. The van der Waals surface area contributed by atoms with Crippen LogP contribution >= 0.6 is 23.2 Å². The van der Waals surface area contributed by atoms with Gasteiger partial charge < -0.3 is 20.9 Å². The molecule has 0 atom stereocenters. The number of piperidine rings is 1. The van der Waals surface area contributed by atoms with E-state index < -0.39 is 0 Å². The highest BCUT2D eigenvalue weighted by atomic mass is 35.5. The molecule has 1 aromatic rings. The smallest absolute Gasteiger partial charge is 0.234 e. The second-order valence-corrected chi connectivity index (χ2v) is 10.6. The van der Waals surface area contributed by atoms with Crippen LogP contribution < -0.4 is 21.0 Å². The average Bonchev–Trinajstić information content (AvgIpc) is 3.34. The maximum atomic E-state index is 12.3. The summed E-state index contributed by atoms with van der Waals surface area (Å²) in [7, 11) is 0. The third-order valence-electron chi connectivity index (χ3n) is 7.00. The van der Waals surface area contributed by atoms with Gasteiger partial charge in [-0.25, -0.2) is 0 Å². The van der Waals surface area contributed by atoms with Crippen molar-refractivity contribution >= 4 is 46.5 Å². The lowest BCUT2D eigenvalue weighted by Crippen LogP contribution is -2.51. The Morgan fingerprint density at radius 3 is 2.50 bits per heavy atom. The minimum atomic E-state index is -0.0937. The minimum Gasteiger partial charge on any atom is -0.355 e. The molecular formula is C25H37Cl2N7O2.